The van der Waals surface area contributed by atoms with Gasteiger partial charge in [0.15, 0.2) is 22.7 Å². The molecular formula is C22H19ClF3N5O5. The molecule has 0 spiro atoms. The summed E-state index contributed by atoms with van der Waals surface area (Å²) in [5, 5.41) is 9.54. The van der Waals surface area contributed by atoms with E-state index in [1.54, 1.807) is 12.1 Å². The third kappa shape index (κ3) is 5.21. The number of imidazole rings is 1. The molecule has 190 valence electrons. The van der Waals surface area contributed by atoms with Crippen LogP contribution in [0.5, 0.6) is 17.5 Å². The molecule has 3 aromatic heterocycles. The van der Waals surface area contributed by atoms with Gasteiger partial charge in [0.05, 0.1) is 17.3 Å². The largest absolute Gasteiger partial charge is 0.573 e. The molecule has 10 nitrogen and oxygen atoms in total. The maximum atomic E-state index is 13.3. The molecule has 0 aliphatic rings. The van der Waals surface area contributed by atoms with E-state index in [4.69, 9.17) is 21.4 Å². The number of aliphatic hydroxyl groups is 1. The van der Waals surface area contributed by atoms with Gasteiger partial charge in [-0.2, -0.15) is 4.98 Å². The summed E-state index contributed by atoms with van der Waals surface area (Å²) in [6, 6.07) is 7.96. The minimum absolute atomic E-state index is 0.0454. The van der Waals surface area contributed by atoms with Crippen molar-refractivity contribution in [3.05, 3.63) is 74.1 Å². The van der Waals surface area contributed by atoms with E-state index in [1.165, 1.54) is 36.0 Å². The summed E-state index contributed by atoms with van der Waals surface area (Å²) in [7, 11) is 1.39. The van der Waals surface area contributed by atoms with Gasteiger partial charge in [-0.05, 0) is 30.7 Å². The third-order valence-corrected chi connectivity index (χ3v) is 5.35. The van der Waals surface area contributed by atoms with Gasteiger partial charge in [-0.15, -0.1) is 13.2 Å². The summed E-state index contributed by atoms with van der Waals surface area (Å²) >= 11 is 5.91. The monoisotopic (exact) mass is 525 g/mol. The topological polar surface area (TPSA) is 113 Å². The first-order chi connectivity index (χ1) is 17.1. The summed E-state index contributed by atoms with van der Waals surface area (Å²) in [5.41, 5.74) is -1.06. The lowest BCUT2D eigenvalue weighted by atomic mass is 10.3. The highest BCUT2D eigenvalue weighted by molar-refractivity contribution is 6.30. The van der Waals surface area contributed by atoms with Crippen molar-refractivity contribution in [1.82, 2.24) is 23.7 Å². The Hall–Kier alpha value is -3.84. The second-order valence-electron chi connectivity index (χ2n) is 7.59. The van der Waals surface area contributed by atoms with E-state index < -0.39 is 23.4 Å². The van der Waals surface area contributed by atoms with Gasteiger partial charge in [0, 0.05) is 26.4 Å². The molecule has 3 heterocycles. The lowest BCUT2D eigenvalue weighted by Crippen LogP contribution is -2.39. The van der Waals surface area contributed by atoms with Crippen molar-refractivity contribution in [1.29, 1.82) is 0 Å². The second-order valence-corrected chi connectivity index (χ2v) is 8.03. The number of aliphatic hydroxyl groups excluding tert-OH is 1. The van der Waals surface area contributed by atoms with E-state index in [-0.39, 0.29) is 49.0 Å². The van der Waals surface area contributed by atoms with E-state index in [0.717, 1.165) is 15.2 Å². The third-order valence-electron chi connectivity index (χ3n) is 5.12. The minimum Gasteiger partial charge on any atom is -0.421 e. The van der Waals surface area contributed by atoms with E-state index >= 15 is 0 Å². The highest BCUT2D eigenvalue weighted by Gasteiger charge is 2.33. The van der Waals surface area contributed by atoms with Crippen LogP contribution in [0.1, 0.15) is 12.1 Å². The number of para-hydroxylation sites is 2. The van der Waals surface area contributed by atoms with Gasteiger partial charge in [0.1, 0.15) is 0 Å². The predicted octanol–water partition coefficient (Wildman–Crippen LogP) is 3.07. The van der Waals surface area contributed by atoms with Crippen molar-refractivity contribution in [2.24, 2.45) is 7.05 Å². The highest BCUT2D eigenvalue weighted by Crippen LogP contribution is 2.35. The van der Waals surface area contributed by atoms with Crippen LogP contribution in [0.4, 0.5) is 13.2 Å². The average Bonchev–Trinajstić information content (AvgIpc) is 3.17. The van der Waals surface area contributed by atoms with Crippen molar-refractivity contribution in [2.45, 2.75) is 25.9 Å². The van der Waals surface area contributed by atoms with Gasteiger partial charge in [-0.3, -0.25) is 23.5 Å². The lowest BCUT2D eigenvalue weighted by molar-refractivity contribution is -0.275. The van der Waals surface area contributed by atoms with Crippen LogP contribution < -0.4 is 20.7 Å². The Bertz CT molecular complexity index is 1510. The SMILES string of the molecule is Cn1c(=O)n(CCCO)c(=O)c2c1nc(Oc1ccccc1OC(F)(F)F)n2Cc1ccc(Cl)cn1. The van der Waals surface area contributed by atoms with Crippen LogP contribution in [-0.4, -0.2) is 41.7 Å². The molecule has 0 amide bonds. The van der Waals surface area contributed by atoms with Crippen molar-refractivity contribution in [2.75, 3.05) is 6.61 Å². The zero-order valence-corrected chi connectivity index (χ0v) is 19.5. The molecule has 4 rings (SSSR count). The summed E-state index contributed by atoms with van der Waals surface area (Å²) in [4.78, 5) is 34.6. The maximum absolute atomic E-state index is 13.3. The Balaban J connectivity index is 1.92. The van der Waals surface area contributed by atoms with Crippen LogP contribution in [0.25, 0.3) is 11.2 Å². The number of alkyl halides is 3. The maximum Gasteiger partial charge on any atom is 0.573 e. The first kappa shape index (κ1) is 25.3. The summed E-state index contributed by atoms with van der Waals surface area (Å²) in [6.45, 7) is -0.383. The first-order valence-electron chi connectivity index (χ1n) is 10.5. The molecule has 4 aromatic rings. The zero-order chi connectivity index (χ0) is 26.0. The number of ether oxygens (including phenoxy) is 2. The van der Waals surface area contributed by atoms with E-state index in [9.17, 15) is 22.8 Å². The number of aryl methyl sites for hydroxylation is 1. The molecule has 0 saturated carbocycles. The Morgan fingerprint density at radius 2 is 1.81 bits per heavy atom. The standard InChI is InChI=1S/C22H19ClF3N5O5/c1-29-18-17(19(33)30(21(29)34)9-4-10-32)31(12-14-8-7-13(23)11-27-14)20(28-18)35-15-5-2-3-6-16(15)36-22(24,25)26/h2-3,5-8,11,32H,4,9-10,12H2,1H3. The molecule has 1 aromatic carbocycles. The van der Waals surface area contributed by atoms with Crippen LogP contribution in [0.2, 0.25) is 5.02 Å². The van der Waals surface area contributed by atoms with Gasteiger partial charge < -0.3 is 14.6 Å². The van der Waals surface area contributed by atoms with Crippen molar-refractivity contribution < 1.29 is 27.8 Å². The number of hydrogen-bond acceptors (Lipinski definition) is 7. The van der Waals surface area contributed by atoms with E-state index in [1.807, 2.05) is 0 Å². The minimum atomic E-state index is -4.98. The van der Waals surface area contributed by atoms with Crippen LogP contribution in [-0.2, 0) is 20.1 Å². The number of hydrogen-bond donors (Lipinski definition) is 1. The number of nitrogens with zero attached hydrogens (tertiary/aromatic N) is 5. The first-order valence-corrected chi connectivity index (χ1v) is 10.9. The molecule has 0 radical (unpaired) electrons. The lowest BCUT2D eigenvalue weighted by Gasteiger charge is -2.14. The highest BCUT2D eigenvalue weighted by atomic mass is 35.5. The van der Waals surface area contributed by atoms with Crippen LogP contribution in [0.15, 0.2) is 52.2 Å². The number of benzene rings is 1. The van der Waals surface area contributed by atoms with Crippen LogP contribution in [0, 0.1) is 0 Å². The Kier molecular flexibility index (Phi) is 7.04. The molecule has 1 N–H and O–H groups in total. The molecule has 14 heteroatoms. The summed E-state index contributed by atoms with van der Waals surface area (Å²) < 4.78 is 51.8. The van der Waals surface area contributed by atoms with E-state index in [2.05, 4.69) is 14.7 Å². The Labute approximate surface area is 205 Å². The quantitative estimate of drug-likeness (QED) is 0.376. The predicted molar refractivity (Wildman–Crippen MR) is 122 cm³/mol. The van der Waals surface area contributed by atoms with Gasteiger partial charge in [-0.25, -0.2) is 4.79 Å². The molecule has 0 fully saturated rings. The zero-order valence-electron chi connectivity index (χ0n) is 18.7. The van der Waals surface area contributed by atoms with Gasteiger partial charge in [0.2, 0.25) is 0 Å². The Morgan fingerprint density at radius 1 is 1.08 bits per heavy atom. The second kappa shape index (κ2) is 10.0. The number of aromatic nitrogens is 5. The molecule has 0 unspecified atom stereocenters. The van der Waals surface area contributed by atoms with Gasteiger partial charge >= 0.3 is 18.1 Å². The molecular weight excluding hydrogens is 507 g/mol. The smallest absolute Gasteiger partial charge is 0.421 e. The molecule has 36 heavy (non-hydrogen) atoms. The van der Waals surface area contributed by atoms with Crippen LogP contribution >= 0.6 is 11.6 Å². The van der Waals surface area contributed by atoms with Gasteiger partial charge in [0.25, 0.3) is 5.56 Å². The molecule has 0 saturated heterocycles. The molecule has 0 atom stereocenters. The number of halogens is 4. The fourth-order valence-electron chi connectivity index (χ4n) is 3.51. The van der Waals surface area contributed by atoms with Crippen LogP contribution in [0.3, 0.4) is 0 Å². The molecule has 0 aliphatic carbocycles. The van der Waals surface area contributed by atoms with Crippen molar-refractivity contribution in [3.8, 4) is 17.5 Å². The summed E-state index contributed by atoms with van der Waals surface area (Å²) in [6.07, 6.45) is -3.44. The summed E-state index contributed by atoms with van der Waals surface area (Å²) in [5.74, 6) is -0.941. The fraction of sp³-hybridized carbons (Fsp3) is 0.273. The van der Waals surface area contributed by atoms with Crippen molar-refractivity contribution >= 4 is 22.8 Å². The Morgan fingerprint density at radius 3 is 2.44 bits per heavy atom. The normalized spacial score (nSPS) is 11.7. The van der Waals surface area contributed by atoms with E-state index in [0.29, 0.717) is 10.7 Å². The number of rotatable bonds is 8. The number of fused-ring (bicyclic) bond motifs is 1. The molecule has 0 aliphatic heterocycles. The fourth-order valence-corrected chi connectivity index (χ4v) is 3.62. The average molecular weight is 526 g/mol. The molecule has 0 bridgehead atoms. The van der Waals surface area contributed by atoms with Gasteiger partial charge in [-0.1, -0.05) is 23.7 Å². The number of pyridine rings is 1. The van der Waals surface area contributed by atoms with Crippen molar-refractivity contribution in [3.63, 3.8) is 0 Å².